The van der Waals surface area contributed by atoms with Gasteiger partial charge in [0.25, 0.3) is 0 Å². The fourth-order valence-corrected chi connectivity index (χ4v) is 5.54. The Labute approximate surface area is 211 Å². The molecule has 5 aromatic rings. The summed E-state index contributed by atoms with van der Waals surface area (Å²) in [4.78, 5) is 5.79. The second-order valence-electron chi connectivity index (χ2n) is 8.78. The molecular formula is C33H21N3. The third-order valence-corrected chi connectivity index (χ3v) is 6.98. The van der Waals surface area contributed by atoms with E-state index in [0.29, 0.717) is 16.9 Å². The molecule has 6 rings (SSSR count). The SMILES string of the molecule is [C-]#[N+]c1ccc(C#N)c(N2c3ccccc3C(c3ccccc3)(c3ccccc3)c3ccccc32)c1. The normalized spacial score (nSPS) is 13.1. The molecule has 3 nitrogen and oxygen atoms in total. The lowest BCUT2D eigenvalue weighted by atomic mass is 9.62. The highest BCUT2D eigenvalue weighted by molar-refractivity contribution is 5.91. The summed E-state index contributed by atoms with van der Waals surface area (Å²) in [5.74, 6) is 0. The Morgan fingerprint density at radius 3 is 1.61 bits per heavy atom. The van der Waals surface area contributed by atoms with E-state index in [2.05, 4.69) is 101 Å². The molecule has 0 saturated carbocycles. The van der Waals surface area contributed by atoms with Crippen LogP contribution in [-0.4, -0.2) is 0 Å². The minimum atomic E-state index is -0.559. The lowest BCUT2D eigenvalue weighted by molar-refractivity contribution is 0.731. The molecule has 0 unspecified atom stereocenters. The Balaban J connectivity index is 1.78. The van der Waals surface area contributed by atoms with E-state index in [1.165, 1.54) is 11.1 Å². The highest BCUT2D eigenvalue weighted by Crippen LogP contribution is 2.57. The number of benzene rings is 5. The van der Waals surface area contributed by atoms with Gasteiger partial charge in [-0.3, -0.25) is 0 Å². The van der Waals surface area contributed by atoms with Crippen molar-refractivity contribution in [3.8, 4) is 6.07 Å². The van der Waals surface area contributed by atoms with Crippen LogP contribution in [0.15, 0.2) is 127 Å². The smallest absolute Gasteiger partial charge is 0.189 e. The minimum Gasteiger partial charge on any atom is -0.310 e. The number of para-hydroxylation sites is 2. The molecule has 0 saturated heterocycles. The van der Waals surface area contributed by atoms with Crippen LogP contribution in [0, 0.1) is 17.9 Å². The molecule has 0 radical (unpaired) electrons. The average molecular weight is 460 g/mol. The van der Waals surface area contributed by atoms with E-state index in [0.717, 1.165) is 22.5 Å². The van der Waals surface area contributed by atoms with Crippen molar-refractivity contribution in [2.24, 2.45) is 0 Å². The lowest BCUT2D eigenvalue weighted by Crippen LogP contribution is -2.37. The van der Waals surface area contributed by atoms with Gasteiger partial charge in [0.05, 0.1) is 34.6 Å². The largest absolute Gasteiger partial charge is 0.310 e. The van der Waals surface area contributed by atoms with E-state index in [1.54, 1.807) is 12.1 Å². The number of anilines is 3. The van der Waals surface area contributed by atoms with Gasteiger partial charge in [0.15, 0.2) is 5.69 Å². The molecule has 1 aliphatic rings. The Hall–Kier alpha value is -5.12. The van der Waals surface area contributed by atoms with Gasteiger partial charge in [0.2, 0.25) is 0 Å². The predicted molar refractivity (Wildman–Crippen MR) is 144 cm³/mol. The first-order valence-corrected chi connectivity index (χ1v) is 11.8. The zero-order valence-corrected chi connectivity index (χ0v) is 19.5. The lowest BCUT2D eigenvalue weighted by Gasteiger charge is -2.46. The summed E-state index contributed by atoms with van der Waals surface area (Å²) in [6, 6.07) is 45.6. The summed E-state index contributed by atoms with van der Waals surface area (Å²) in [5.41, 5.74) is 7.75. The predicted octanol–water partition coefficient (Wildman–Crippen LogP) is 8.27. The van der Waals surface area contributed by atoms with E-state index >= 15 is 0 Å². The molecule has 3 heteroatoms. The summed E-state index contributed by atoms with van der Waals surface area (Å²) in [5, 5.41) is 10.0. The van der Waals surface area contributed by atoms with E-state index in [-0.39, 0.29) is 0 Å². The zero-order valence-electron chi connectivity index (χ0n) is 19.5. The maximum absolute atomic E-state index is 10.0. The molecule has 0 aliphatic carbocycles. The van der Waals surface area contributed by atoms with Crippen LogP contribution < -0.4 is 4.90 Å². The molecular weight excluding hydrogens is 438 g/mol. The van der Waals surface area contributed by atoms with Crippen molar-refractivity contribution < 1.29 is 0 Å². The highest BCUT2D eigenvalue weighted by atomic mass is 15.2. The quantitative estimate of drug-likeness (QED) is 0.249. The van der Waals surface area contributed by atoms with Gasteiger partial charge in [-0.1, -0.05) is 109 Å². The number of hydrogen-bond acceptors (Lipinski definition) is 2. The number of rotatable bonds is 3. The van der Waals surface area contributed by atoms with Crippen molar-refractivity contribution in [3.63, 3.8) is 0 Å². The van der Waals surface area contributed by atoms with Gasteiger partial charge in [0.1, 0.15) is 6.07 Å². The van der Waals surface area contributed by atoms with E-state index < -0.39 is 5.41 Å². The van der Waals surface area contributed by atoms with Crippen molar-refractivity contribution >= 4 is 22.7 Å². The second-order valence-corrected chi connectivity index (χ2v) is 8.78. The van der Waals surface area contributed by atoms with Gasteiger partial charge in [-0.25, -0.2) is 4.85 Å². The van der Waals surface area contributed by atoms with Crippen LogP contribution in [-0.2, 0) is 5.41 Å². The molecule has 0 fully saturated rings. The molecule has 1 heterocycles. The topological polar surface area (TPSA) is 31.4 Å². The van der Waals surface area contributed by atoms with Crippen LogP contribution in [0.2, 0.25) is 0 Å². The van der Waals surface area contributed by atoms with Crippen molar-refractivity contribution in [2.45, 2.75) is 5.41 Å². The molecule has 0 amide bonds. The molecule has 5 aromatic carbocycles. The Morgan fingerprint density at radius 2 is 1.11 bits per heavy atom. The fourth-order valence-electron chi connectivity index (χ4n) is 5.54. The van der Waals surface area contributed by atoms with Gasteiger partial charge >= 0.3 is 0 Å². The van der Waals surface area contributed by atoms with E-state index in [1.807, 2.05) is 30.3 Å². The van der Waals surface area contributed by atoms with Gasteiger partial charge in [0, 0.05) is 0 Å². The van der Waals surface area contributed by atoms with Gasteiger partial charge in [-0.2, -0.15) is 5.26 Å². The first-order valence-electron chi connectivity index (χ1n) is 11.8. The molecule has 0 spiro atoms. The molecule has 168 valence electrons. The maximum Gasteiger partial charge on any atom is 0.189 e. The van der Waals surface area contributed by atoms with Gasteiger partial charge < -0.3 is 4.90 Å². The van der Waals surface area contributed by atoms with Crippen LogP contribution in [0.5, 0.6) is 0 Å². The number of fused-ring (bicyclic) bond motifs is 2. The number of nitriles is 1. The monoisotopic (exact) mass is 459 g/mol. The van der Waals surface area contributed by atoms with E-state index in [4.69, 9.17) is 6.57 Å². The number of hydrogen-bond donors (Lipinski definition) is 0. The third kappa shape index (κ3) is 3.04. The van der Waals surface area contributed by atoms with Crippen LogP contribution in [0.3, 0.4) is 0 Å². The standard InChI is InChI=1S/C33H21N3/c1-35-27-21-20-24(23-34)32(22-27)36-30-18-10-8-16-28(30)33(25-12-4-2-5-13-25,26-14-6-3-7-15-26)29-17-9-11-19-31(29)36/h2-22H. The third-order valence-electron chi connectivity index (χ3n) is 6.98. The first kappa shape index (κ1) is 21.4. The maximum atomic E-state index is 10.0. The summed E-state index contributed by atoms with van der Waals surface area (Å²) in [6.45, 7) is 7.58. The van der Waals surface area contributed by atoms with Crippen LogP contribution >= 0.6 is 0 Å². The molecule has 0 N–H and O–H groups in total. The zero-order chi connectivity index (χ0) is 24.5. The molecule has 0 bridgehead atoms. The Kier molecular flexibility index (Phi) is 5.11. The van der Waals surface area contributed by atoms with E-state index in [9.17, 15) is 5.26 Å². The van der Waals surface area contributed by atoms with Gasteiger partial charge in [-0.05, 0) is 40.5 Å². The number of nitrogens with zero attached hydrogens (tertiary/aromatic N) is 3. The van der Waals surface area contributed by atoms with Crippen LogP contribution in [0.25, 0.3) is 4.85 Å². The molecule has 36 heavy (non-hydrogen) atoms. The summed E-state index contributed by atoms with van der Waals surface area (Å²) in [7, 11) is 0. The van der Waals surface area contributed by atoms with Crippen LogP contribution in [0.4, 0.5) is 22.7 Å². The van der Waals surface area contributed by atoms with Crippen molar-refractivity contribution in [2.75, 3.05) is 4.90 Å². The summed E-state index contributed by atoms with van der Waals surface area (Å²) in [6.07, 6.45) is 0. The second kappa shape index (κ2) is 8.58. The van der Waals surface area contributed by atoms with Crippen LogP contribution in [0.1, 0.15) is 27.8 Å². The van der Waals surface area contributed by atoms with Gasteiger partial charge in [-0.15, -0.1) is 0 Å². The minimum absolute atomic E-state index is 0.502. The Bertz CT molecular complexity index is 1570. The fraction of sp³-hybridized carbons (Fsp3) is 0.0303. The average Bonchev–Trinajstić information content (AvgIpc) is 2.96. The highest BCUT2D eigenvalue weighted by Gasteiger charge is 2.46. The first-order chi connectivity index (χ1) is 17.8. The van der Waals surface area contributed by atoms with Crippen molar-refractivity contribution in [3.05, 3.63) is 167 Å². The summed E-state index contributed by atoms with van der Waals surface area (Å²) < 4.78 is 0. The molecule has 0 aromatic heterocycles. The summed E-state index contributed by atoms with van der Waals surface area (Å²) >= 11 is 0. The Morgan fingerprint density at radius 1 is 0.611 bits per heavy atom. The van der Waals surface area contributed by atoms with Crippen molar-refractivity contribution in [1.29, 1.82) is 5.26 Å². The molecule has 1 aliphatic heterocycles. The molecule has 0 atom stereocenters. The van der Waals surface area contributed by atoms with Crippen molar-refractivity contribution in [1.82, 2.24) is 0 Å².